The Morgan fingerprint density at radius 3 is 2.30 bits per heavy atom. The topological polar surface area (TPSA) is 42.1 Å². The molecule has 4 aliphatic rings. The number of Topliss-reactive ketones (excluding diaryl/α,β-unsaturated/α-hetero) is 1. The Hall–Kier alpha value is -0.670. The first-order valence-corrected chi connectivity index (χ1v) is 9.23. The summed E-state index contributed by atoms with van der Waals surface area (Å²) in [5.41, 5.74) is 2.41. The number of carbonyl (C=O) groups is 1. The first kappa shape index (κ1) is 15.8. The molecule has 2 saturated carbocycles. The van der Waals surface area contributed by atoms with E-state index in [2.05, 4.69) is 34.6 Å². The molecule has 2 heterocycles. The molecule has 4 rings (SSSR count). The van der Waals surface area contributed by atoms with E-state index in [9.17, 15) is 4.79 Å². The molecule has 0 spiro atoms. The maximum Gasteiger partial charge on any atom is 0.159 e. The summed E-state index contributed by atoms with van der Waals surface area (Å²) in [5, 5.41) is 0. The summed E-state index contributed by atoms with van der Waals surface area (Å²) in [6, 6.07) is 0. The van der Waals surface area contributed by atoms with Crippen molar-refractivity contribution in [3.63, 3.8) is 0 Å². The molecule has 3 heteroatoms. The van der Waals surface area contributed by atoms with Crippen LogP contribution in [0.3, 0.4) is 0 Å². The van der Waals surface area contributed by atoms with Crippen LogP contribution in [0, 0.1) is 11.3 Å². The predicted molar refractivity (Wildman–Crippen MR) is 89.2 cm³/mol. The molecule has 3 nitrogen and oxygen atoms in total. The van der Waals surface area contributed by atoms with Crippen molar-refractivity contribution in [2.75, 3.05) is 0 Å². The Balaban J connectivity index is 1.68. The summed E-state index contributed by atoms with van der Waals surface area (Å²) in [4.78, 5) is 12.7. The van der Waals surface area contributed by atoms with Gasteiger partial charge in [0.15, 0.2) is 5.78 Å². The Morgan fingerprint density at radius 2 is 1.61 bits per heavy atom. The van der Waals surface area contributed by atoms with E-state index >= 15 is 0 Å². The number of carbonyl (C=O) groups excluding carboxylic acids is 1. The van der Waals surface area contributed by atoms with E-state index in [0.29, 0.717) is 30.3 Å². The van der Waals surface area contributed by atoms with Gasteiger partial charge in [0.2, 0.25) is 0 Å². The third-order valence-electron chi connectivity index (χ3n) is 7.15. The molecule has 0 N–H and O–H groups in total. The molecule has 0 bridgehead atoms. The van der Waals surface area contributed by atoms with Gasteiger partial charge in [-0.3, -0.25) is 4.79 Å². The zero-order valence-corrected chi connectivity index (χ0v) is 15.2. The van der Waals surface area contributed by atoms with Crippen LogP contribution in [0.4, 0.5) is 0 Å². The van der Waals surface area contributed by atoms with Gasteiger partial charge in [0.25, 0.3) is 0 Å². The Labute approximate surface area is 139 Å². The number of epoxide rings is 2. The van der Waals surface area contributed by atoms with Crippen molar-refractivity contribution in [1.29, 1.82) is 0 Å². The fourth-order valence-corrected chi connectivity index (χ4v) is 5.38. The van der Waals surface area contributed by atoms with Crippen molar-refractivity contribution >= 4 is 5.78 Å². The molecule has 2 aliphatic carbocycles. The fourth-order valence-electron chi connectivity index (χ4n) is 5.38. The van der Waals surface area contributed by atoms with Crippen LogP contribution in [-0.4, -0.2) is 29.2 Å². The van der Waals surface area contributed by atoms with Gasteiger partial charge >= 0.3 is 0 Å². The zero-order chi connectivity index (χ0) is 16.6. The minimum Gasteiger partial charge on any atom is -0.366 e. The van der Waals surface area contributed by atoms with Crippen LogP contribution in [0.5, 0.6) is 0 Å². The quantitative estimate of drug-likeness (QED) is 0.496. The van der Waals surface area contributed by atoms with Crippen LogP contribution in [-0.2, 0) is 14.3 Å². The smallest absolute Gasteiger partial charge is 0.159 e. The van der Waals surface area contributed by atoms with E-state index in [-0.39, 0.29) is 16.6 Å². The van der Waals surface area contributed by atoms with E-state index in [1.165, 1.54) is 5.57 Å². The average Bonchev–Trinajstić information content (AvgIpc) is 3.24. The van der Waals surface area contributed by atoms with Gasteiger partial charge in [-0.15, -0.1) is 0 Å². The summed E-state index contributed by atoms with van der Waals surface area (Å²) in [5.74, 6) is 0.739. The Bertz CT molecular complexity index is 590. The molecule has 0 amide bonds. The molecule has 2 aliphatic heterocycles. The van der Waals surface area contributed by atoms with Gasteiger partial charge in [-0.2, -0.15) is 0 Å². The van der Waals surface area contributed by atoms with Crippen molar-refractivity contribution in [2.24, 2.45) is 11.3 Å². The molecular formula is C20H30O3. The SMILES string of the molecule is CC(C)=C1C(=O)C[C@]2(C)C[C@H]3O[C@]3(C)CC[C@@H]3OC3(C)CC[C@@H]12. The van der Waals surface area contributed by atoms with Gasteiger partial charge in [0.05, 0.1) is 23.4 Å². The lowest BCUT2D eigenvalue weighted by atomic mass is 9.71. The minimum atomic E-state index is 0.0154. The maximum absolute atomic E-state index is 12.7. The number of ether oxygens (including phenoxy) is 2. The monoisotopic (exact) mass is 318 g/mol. The number of hydrogen-bond donors (Lipinski definition) is 0. The number of rotatable bonds is 0. The maximum atomic E-state index is 12.7. The summed E-state index contributed by atoms with van der Waals surface area (Å²) >= 11 is 0. The van der Waals surface area contributed by atoms with Crippen molar-refractivity contribution in [1.82, 2.24) is 0 Å². The second-order valence-corrected chi connectivity index (χ2v) is 9.34. The van der Waals surface area contributed by atoms with Crippen molar-refractivity contribution in [3.8, 4) is 0 Å². The van der Waals surface area contributed by atoms with Crippen LogP contribution in [0.25, 0.3) is 0 Å². The zero-order valence-electron chi connectivity index (χ0n) is 15.2. The van der Waals surface area contributed by atoms with Gasteiger partial charge in [-0.05, 0) is 76.7 Å². The predicted octanol–water partition coefficient (Wildman–Crippen LogP) is 4.20. The largest absolute Gasteiger partial charge is 0.366 e. The molecule has 0 aromatic heterocycles. The molecule has 128 valence electrons. The fraction of sp³-hybridized carbons (Fsp3) is 0.850. The summed E-state index contributed by atoms with van der Waals surface area (Å²) in [6.07, 6.45) is 6.77. The first-order chi connectivity index (χ1) is 10.7. The summed E-state index contributed by atoms with van der Waals surface area (Å²) < 4.78 is 12.1. The highest BCUT2D eigenvalue weighted by Crippen LogP contribution is 2.58. The van der Waals surface area contributed by atoms with Gasteiger partial charge in [0.1, 0.15) is 0 Å². The van der Waals surface area contributed by atoms with Gasteiger partial charge in [-0.25, -0.2) is 0 Å². The molecular weight excluding hydrogens is 288 g/mol. The molecule has 23 heavy (non-hydrogen) atoms. The third kappa shape index (κ3) is 2.42. The molecule has 2 saturated heterocycles. The lowest BCUT2D eigenvalue weighted by Gasteiger charge is -2.32. The van der Waals surface area contributed by atoms with E-state index in [0.717, 1.165) is 37.7 Å². The van der Waals surface area contributed by atoms with Crippen molar-refractivity contribution < 1.29 is 14.3 Å². The van der Waals surface area contributed by atoms with E-state index in [4.69, 9.17) is 9.47 Å². The molecule has 0 aromatic rings. The van der Waals surface area contributed by atoms with Crippen LogP contribution in [0.2, 0.25) is 0 Å². The van der Waals surface area contributed by atoms with Crippen LogP contribution >= 0.6 is 0 Å². The molecule has 1 unspecified atom stereocenters. The van der Waals surface area contributed by atoms with E-state index < -0.39 is 0 Å². The number of allylic oxidation sites excluding steroid dienone is 2. The van der Waals surface area contributed by atoms with Gasteiger partial charge in [0, 0.05) is 6.42 Å². The van der Waals surface area contributed by atoms with E-state index in [1.807, 2.05) is 0 Å². The van der Waals surface area contributed by atoms with Crippen LogP contribution < -0.4 is 0 Å². The highest BCUT2D eigenvalue weighted by atomic mass is 16.6. The number of ketones is 1. The Kier molecular flexibility index (Phi) is 3.23. The minimum absolute atomic E-state index is 0.0154. The number of fused-ring (bicyclic) bond motifs is 3. The first-order valence-electron chi connectivity index (χ1n) is 9.23. The summed E-state index contributed by atoms with van der Waals surface area (Å²) in [7, 11) is 0. The number of hydrogen-bond acceptors (Lipinski definition) is 3. The molecule has 4 fully saturated rings. The lowest BCUT2D eigenvalue weighted by molar-refractivity contribution is -0.115. The lowest BCUT2D eigenvalue weighted by Crippen LogP contribution is -2.27. The van der Waals surface area contributed by atoms with Gasteiger partial charge < -0.3 is 9.47 Å². The van der Waals surface area contributed by atoms with E-state index in [1.54, 1.807) is 0 Å². The summed E-state index contributed by atoms with van der Waals surface area (Å²) in [6.45, 7) is 11.0. The third-order valence-corrected chi connectivity index (χ3v) is 7.15. The molecule has 0 radical (unpaired) electrons. The Morgan fingerprint density at radius 1 is 1.00 bits per heavy atom. The van der Waals surface area contributed by atoms with Crippen LogP contribution in [0.15, 0.2) is 11.1 Å². The second kappa shape index (κ2) is 4.70. The molecule has 0 aromatic carbocycles. The highest BCUT2D eigenvalue weighted by Gasteiger charge is 2.61. The van der Waals surface area contributed by atoms with Crippen LogP contribution in [0.1, 0.15) is 73.1 Å². The molecule has 6 atom stereocenters. The average molecular weight is 318 g/mol. The standard InChI is InChI=1S/C20H30O3/c1-12(2)17-13-6-8-19(4)15(22-19)7-9-20(5)16(23-20)11-18(13,3)10-14(17)21/h13,15-16H,6-11H2,1-5H3/t13-,15-,16+,18+,19?,20+/m0/s1. The van der Waals surface area contributed by atoms with Gasteiger partial charge in [-0.1, -0.05) is 12.5 Å². The normalized spacial score (nSPS) is 52.1. The van der Waals surface area contributed by atoms with Crippen molar-refractivity contribution in [2.45, 2.75) is 96.6 Å². The second-order valence-electron chi connectivity index (χ2n) is 9.34. The van der Waals surface area contributed by atoms with Crippen molar-refractivity contribution in [3.05, 3.63) is 11.1 Å². The highest BCUT2D eigenvalue weighted by molar-refractivity contribution is 5.99.